The standard InChI is InChI=1S/C12H15N5O2/c1-7-3-8(14-5-10-15-6-16-17-10)4-9(11(7)13)12(18)19-2/h3-4,6,14H,5,13H2,1-2H3,(H,15,16,17). The zero-order valence-corrected chi connectivity index (χ0v) is 10.7. The lowest BCUT2D eigenvalue weighted by Gasteiger charge is -2.11. The van der Waals surface area contributed by atoms with Crippen LogP contribution in [0.5, 0.6) is 0 Å². The molecule has 0 aliphatic rings. The predicted molar refractivity (Wildman–Crippen MR) is 70.6 cm³/mol. The summed E-state index contributed by atoms with van der Waals surface area (Å²) in [5.74, 6) is 0.248. The number of benzene rings is 1. The number of ether oxygens (including phenoxy) is 1. The first-order chi connectivity index (χ1) is 9.11. The van der Waals surface area contributed by atoms with Crippen LogP contribution in [-0.4, -0.2) is 28.3 Å². The summed E-state index contributed by atoms with van der Waals surface area (Å²) in [6, 6.07) is 3.52. The normalized spacial score (nSPS) is 10.2. The van der Waals surface area contributed by atoms with Crippen LogP contribution in [0.25, 0.3) is 0 Å². The number of H-pyrrole nitrogens is 1. The molecule has 0 unspecified atom stereocenters. The van der Waals surface area contributed by atoms with Crippen LogP contribution in [0, 0.1) is 6.92 Å². The van der Waals surface area contributed by atoms with Gasteiger partial charge in [0.1, 0.15) is 12.2 Å². The van der Waals surface area contributed by atoms with Crippen molar-refractivity contribution < 1.29 is 9.53 Å². The van der Waals surface area contributed by atoms with Gasteiger partial charge >= 0.3 is 5.97 Å². The zero-order valence-electron chi connectivity index (χ0n) is 10.7. The summed E-state index contributed by atoms with van der Waals surface area (Å²) in [6.45, 7) is 2.31. The Balaban J connectivity index is 2.21. The van der Waals surface area contributed by atoms with Crippen LogP contribution < -0.4 is 11.1 Å². The molecule has 4 N–H and O–H groups in total. The number of esters is 1. The van der Waals surface area contributed by atoms with E-state index < -0.39 is 5.97 Å². The molecule has 0 fully saturated rings. The van der Waals surface area contributed by atoms with E-state index in [9.17, 15) is 4.79 Å². The van der Waals surface area contributed by atoms with Crippen molar-refractivity contribution in [3.05, 3.63) is 35.4 Å². The second kappa shape index (κ2) is 5.38. The molecule has 0 saturated heterocycles. The summed E-state index contributed by atoms with van der Waals surface area (Å²) >= 11 is 0. The SMILES string of the molecule is COC(=O)c1cc(NCc2ncn[nH]2)cc(C)c1N. The molecule has 2 rings (SSSR count). The van der Waals surface area contributed by atoms with Crippen molar-refractivity contribution in [1.82, 2.24) is 15.2 Å². The monoisotopic (exact) mass is 261 g/mol. The maximum atomic E-state index is 11.6. The van der Waals surface area contributed by atoms with Gasteiger partial charge in [0.05, 0.1) is 19.2 Å². The Kier molecular flexibility index (Phi) is 3.65. The molecule has 1 aromatic heterocycles. The van der Waals surface area contributed by atoms with Gasteiger partial charge in [-0.15, -0.1) is 0 Å². The number of anilines is 2. The van der Waals surface area contributed by atoms with Gasteiger partial charge < -0.3 is 15.8 Å². The van der Waals surface area contributed by atoms with Crippen LogP contribution in [0.3, 0.4) is 0 Å². The maximum absolute atomic E-state index is 11.6. The molecule has 1 heterocycles. The van der Waals surface area contributed by atoms with Crippen LogP contribution >= 0.6 is 0 Å². The third-order valence-corrected chi connectivity index (χ3v) is 2.72. The van der Waals surface area contributed by atoms with Crippen molar-refractivity contribution in [2.24, 2.45) is 0 Å². The number of methoxy groups -OCH3 is 1. The number of hydrogen-bond donors (Lipinski definition) is 3. The van der Waals surface area contributed by atoms with E-state index in [1.54, 1.807) is 6.07 Å². The van der Waals surface area contributed by atoms with Gasteiger partial charge in [0.2, 0.25) is 0 Å². The number of carbonyl (C=O) groups is 1. The summed E-state index contributed by atoms with van der Waals surface area (Å²) in [4.78, 5) is 15.6. The van der Waals surface area contributed by atoms with Crippen molar-refractivity contribution in [1.29, 1.82) is 0 Å². The highest BCUT2D eigenvalue weighted by Gasteiger charge is 2.13. The first-order valence-corrected chi connectivity index (χ1v) is 5.68. The molecule has 0 bridgehead atoms. The lowest BCUT2D eigenvalue weighted by atomic mass is 10.1. The largest absolute Gasteiger partial charge is 0.465 e. The number of aromatic nitrogens is 3. The van der Waals surface area contributed by atoms with Crippen LogP contribution in [0.15, 0.2) is 18.5 Å². The van der Waals surface area contributed by atoms with Crippen LogP contribution in [0.4, 0.5) is 11.4 Å². The van der Waals surface area contributed by atoms with E-state index in [1.807, 2.05) is 13.0 Å². The summed E-state index contributed by atoms with van der Waals surface area (Å²) in [6.07, 6.45) is 1.44. The zero-order chi connectivity index (χ0) is 13.8. The lowest BCUT2D eigenvalue weighted by molar-refractivity contribution is 0.0602. The molecule has 0 amide bonds. The van der Waals surface area contributed by atoms with Crippen LogP contribution in [0.2, 0.25) is 0 Å². The van der Waals surface area contributed by atoms with Gasteiger partial charge in [-0.1, -0.05) is 0 Å². The Bertz CT molecular complexity index is 580. The van der Waals surface area contributed by atoms with Gasteiger partial charge in [-0.3, -0.25) is 5.10 Å². The fourth-order valence-corrected chi connectivity index (χ4v) is 1.68. The first-order valence-electron chi connectivity index (χ1n) is 5.68. The molecule has 1 aromatic carbocycles. The molecule has 7 heteroatoms. The van der Waals surface area contributed by atoms with Crippen LogP contribution in [-0.2, 0) is 11.3 Å². The maximum Gasteiger partial charge on any atom is 0.340 e. The van der Waals surface area contributed by atoms with E-state index in [4.69, 9.17) is 10.5 Å². The number of nitrogens with one attached hydrogen (secondary N) is 2. The van der Waals surface area contributed by atoms with Gasteiger partial charge in [0.25, 0.3) is 0 Å². The summed E-state index contributed by atoms with van der Waals surface area (Å²) in [5, 5.41) is 9.63. The van der Waals surface area contributed by atoms with Gasteiger partial charge in [-0.05, 0) is 24.6 Å². The number of hydrogen-bond acceptors (Lipinski definition) is 6. The second-order valence-corrected chi connectivity index (χ2v) is 4.03. The topological polar surface area (TPSA) is 106 Å². The molecule has 0 aliphatic carbocycles. The minimum absolute atomic E-state index is 0.350. The van der Waals surface area contributed by atoms with Crippen LogP contribution in [0.1, 0.15) is 21.7 Å². The Labute approximate surface area is 110 Å². The summed E-state index contributed by atoms with van der Waals surface area (Å²) in [5.41, 5.74) is 8.21. The van der Waals surface area contributed by atoms with Gasteiger partial charge in [-0.25, -0.2) is 9.78 Å². The minimum atomic E-state index is -0.455. The fourth-order valence-electron chi connectivity index (χ4n) is 1.68. The van der Waals surface area contributed by atoms with E-state index in [-0.39, 0.29) is 0 Å². The quantitative estimate of drug-likeness (QED) is 0.562. The third kappa shape index (κ3) is 2.82. The molecule has 0 saturated carbocycles. The molecule has 2 aromatic rings. The molecule has 0 aliphatic heterocycles. The molecule has 0 spiro atoms. The Morgan fingerprint density at radius 3 is 2.95 bits per heavy atom. The highest BCUT2D eigenvalue weighted by molar-refractivity contribution is 5.97. The summed E-state index contributed by atoms with van der Waals surface area (Å²) in [7, 11) is 1.33. The summed E-state index contributed by atoms with van der Waals surface area (Å²) < 4.78 is 4.70. The van der Waals surface area contributed by atoms with Gasteiger partial charge in [0.15, 0.2) is 0 Å². The number of carbonyl (C=O) groups excluding carboxylic acids is 1. The van der Waals surface area contributed by atoms with Gasteiger partial charge in [-0.2, -0.15) is 5.10 Å². The van der Waals surface area contributed by atoms with Crippen molar-refractivity contribution in [2.75, 3.05) is 18.2 Å². The lowest BCUT2D eigenvalue weighted by Crippen LogP contribution is -2.09. The fraction of sp³-hybridized carbons (Fsp3) is 0.250. The smallest absolute Gasteiger partial charge is 0.340 e. The highest BCUT2D eigenvalue weighted by Crippen LogP contribution is 2.23. The van der Waals surface area contributed by atoms with Crippen molar-refractivity contribution in [2.45, 2.75) is 13.5 Å². The second-order valence-electron chi connectivity index (χ2n) is 4.03. The minimum Gasteiger partial charge on any atom is -0.465 e. The number of nitrogens with two attached hydrogens (primary N) is 1. The molecular formula is C12H15N5O2. The molecule has 0 radical (unpaired) electrons. The molecule has 19 heavy (non-hydrogen) atoms. The Hall–Kier alpha value is -2.57. The average molecular weight is 261 g/mol. The van der Waals surface area contributed by atoms with Gasteiger partial charge in [0, 0.05) is 11.4 Å². The van der Waals surface area contributed by atoms with Crippen molar-refractivity contribution in [3.63, 3.8) is 0 Å². The molecule has 100 valence electrons. The molecular weight excluding hydrogens is 246 g/mol. The number of rotatable bonds is 4. The van der Waals surface area contributed by atoms with Crippen molar-refractivity contribution in [3.8, 4) is 0 Å². The number of nitrogen functional groups attached to an aromatic ring is 1. The van der Waals surface area contributed by atoms with E-state index in [0.717, 1.165) is 11.3 Å². The Morgan fingerprint density at radius 1 is 1.53 bits per heavy atom. The molecule has 0 atom stereocenters. The number of aryl methyl sites for hydroxylation is 1. The van der Waals surface area contributed by atoms with E-state index in [1.165, 1.54) is 13.4 Å². The Morgan fingerprint density at radius 2 is 2.32 bits per heavy atom. The number of nitrogens with zero attached hydrogens (tertiary/aromatic N) is 2. The number of aromatic amines is 1. The highest BCUT2D eigenvalue weighted by atomic mass is 16.5. The van der Waals surface area contributed by atoms with Crippen molar-refractivity contribution >= 4 is 17.3 Å². The third-order valence-electron chi connectivity index (χ3n) is 2.72. The first kappa shape index (κ1) is 12.9. The predicted octanol–water partition coefficient (Wildman–Crippen LogP) is 1.09. The van der Waals surface area contributed by atoms with E-state index in [0.29, 0.717) is 23.6 Å². The van der Waals surface area contributed by atoms with E-state index >= 15 is 0 Å². The van der Waals surface area contributed by atoms with E-state index in [2.05, 4.69) is 20.5 Å². The molecule has 7 nitrogen and oxygen atoms in total. The average Bonchev–Trinajstić information content (AvgIpc) is 2.92.